The van der Waals surface area contributed by atoms with Gasteiger partial charge in [-0.05, 0) is 43.4 Å². The van der Waals surface area contributed by atoms with Crippen molar-refractivity contribution in [2.24, 2.45) is 5.92 Å². The van der Waals surface area contributed by atoms with E-state index in [1.165, 1.54) is 48.5 Å². The second-order valence-corrected chi connectivity index (χ2v) is 10.3. The first-order valence-electron chi connectivity index (χ1n) is 8.20. The summed E-state index contributed by atoms with van der Waals surface area (Å²) in [6.07, 6.45) is 2.99. The van der Waals surface area contributed by atoms with Crippen LogP contribution in [0.5, 0.6) is 0 Å². The number of aryl methyl sites for hydroxylation is 1. The molecule has 0 spiro atoms. The Bertz CT molecular complexity index is 954. The number of thiazole rings is 1. The number of nitrogens with zero attached hydrogens (tertiary/aromatic N) is 2. The quantitative estimate of drug-likeness (QED) is 0.832. The van der Waals surface area contributed by atoms with Gasteiger partial charge in [0.1, 0.15) is 0 Å². The maximum absolute atomic E-state index is 12.6. The number of anilines is 1. The molecule has 140 valence electrons. The molecule has 3 rings (SSSR count). The number of fused-ring (bicyclic) bond motifs is 1. The zero-order valence-electron chi connectivity index (χ0n) is 14.7. The lowest BCUT2D eigenvalue weighted by Gasteiger charge is -2.15. The zero-order valence-corrected chi connectivity index (χ0v) is 17.1. The molecular weight excluding hydrogens is 394 g/mol. The predicted octanol–water partition coefficient (Wildman–Crippen LogP) is 3.42. The van der Waals surface area contributed by atoms with Gasteiger partial charge in [0.15, 0.2) is 5.13 Å². The van der Waals surface area contributed by atoms with Crippen molar-refractivity contribution in [3.63, 3.8) is 0 Å². The van der Waals surface area contributed by atoms with Crippen LogP contribution >= 0.6 is 22.9 Å². The van der Waals surface area contributed by atoms with Crippen LogP contribution in [0.1, 0.15) is 34.3 Å². The summed E-state index contributed by atoms with van der Waals surface area (Å²) >= 11 is 7.59. The maximum Gasteiger partial charge on any atom is 0.259 e. The van der Waals surface area contributed by atoms with E-state index >= 15 is 0 Å². The van der Waals surface area contributed by atoms with Crippen LogP contribution in [-0.2, 0) is 22.9 Å². The molecule has 0 radical (unpaired) electrons. The molecule has 1 N–H and O–H groups in total. The second-order valence-electron chi connectivity index (χ2n) is 6.62. The molecule has 1 aromatic carbocycles. The number of aromatic nitrogens is 1. The van der Waals surface area contributed by atoms with Crippen LogP contribution in [0.2, 0.25) is 5.02 Å². The van der Waals surface area contributed by atoms with E-state index in [0.717, 1.165) is 29.3 Å². The number of carbonyl (C=O) groups excluding carboxylic acids is 1. The average molecular weight is 414 g/mol. The minimum absolute atomic E-state index is 0.0179. The van der Waals surface area contributed by atoms with Gasteiger partial charge < -0.3 is 0 Å². The molecule has 1 aromatic heterocycles. The third-order valence-corrected chi connectivity index (χ3v) is 7.54. The van der Waals surface area contributed by atoms with Crippen LogP contribution in [0.15, 0.2) is 23.1 Å². The van der Waals surface area contributed by atoms with Crippen LogP contribution in [-0.4, -0.2) is 37.7 Å². The Morgan fingerprint density at radius 3 is 2.81 bits per heavy atom. The van der Waals surface area contributed by atoms with Crippen molar-refractivity contribution in [1.82, 2.24) is 9.29 Å². The molecule has 1 aliphatic carbocycles. The van der Waals surface area contributed by atoms with Gasteiger partial charge in [-0.2, -0.15) is 0 Å². The number of sulfonamides is 1. The molecule has 0 aliphatic heterocycles. The lowest BCUT2D eigenvalue weighted by Crippen LogP contribution is -2.23. The van der Waals surface area contributed by atoms with Crippen molar-refractivity contribution >= 4 is 44.0 Å². The Morgan fingerprint density at radius 2 is 2.12 bits per heavy atom. The molecule has 6 nitrogen and oxygen atoms in total. The Kier molecular flexibility index (Phi) is 5.39. The van der Waals surface area contributed by atoms with Gasteiger partial charge in [-0.1, -0.05) is 18.5 Å². The number of benzene rings is 1. The van der Waals surface area contributed by atoms with Gasteiger partial charge >= 0.3 is 0 Å². The van der Waals surface area contributed by atoms with E-state index in [4.69, 9.17) is 11.6 Å². The van der Waals surface area contributed by atoms with Crippen LogP contribution in [0.4, 0.5) is 5.13 Å². The molecule has 26 heavy (non-hydrogen) atoms. The minimum atomic E-state index is -3.65. The van der Waals surface area contributed by atoms with Crippen molar-refractivity contribution < 1.29 is 13.2 Å². The van der Waals surface area contributed by atoms with Crippen LogP contribution in [0.25, 0.3) is 0 Å². The van der Waals surface area contributed by atoms with Gasteiger partial charge in [-0.25, -0.2) is 17.7 Å². The van der Waals surface area contributed by atoms with Gasteiger partial charge in [-0.3, -0.25) is 10.1 Å². The fourth-order valence-corrected chi connectivity index (χ4v) is 5.11. The molecule has 0 bridgehead atoms. The number of hydrogen-bond acceptors (Lipinski definition) is 5. The van der Waals surface area contributed by atoms with E-state index in [-0.39, 0.29) is 15.5 Å². The predicted molar refractivity (Wildman–Crippen MR) is 104 cm³/mol. The molecule has 0 unspecified atom stereocenters. The Hall–Kier alpha value is -1.48. The monoisotopic (exact) mass is 413 g/mol. The van der Waals surface area contributed by atoms with E-state index in [9.17, 15) is 13.2 Å². The molecule has 1 amide bonds. The molecule has 9 heteroatoms. The summed E-state index contributed by atoms with van der Waals surface area (Å²) in [5.41, 5.74) is 1.15. The third-order valence-electron chi connectivity index (χ3n) is 4.37. The number of nitrogens with one attached hydrogen (secondary N) is 1. The summed E-state index contributed by atoms with van der Waals surface area (Å²) in [6.45, 7) is 2.21. The van der Waals surface area contributed by atoms with Crippen LogP contribution in [0.3, 0.4) is 0 Å². The highest BCUT2D eigenvalue weighted by atomic mass is 35.5. The molecule has 2 aromatic rings. The molecule has 1 atom stereocenters. The number of hydrogen-bond donors (Lipinski definition) is 1. The zero-order chi connectivity index (χ0) is 19.1. The normalized spacial score (nSPS) is 17.2. The summed E-state index contributed by atoms with van der Waals surface area (Å²) in [7, 11) is -0.779. The standard InChI is InChI=1S/C17H20ClN3O3S2/c1-10-4-7-14-15(8-10)25-17(19-14)20-16(22)12-9-11(5-6-13(12)18)26(23,24)21(2)3/h5-6,9-10H,4,7-8H2,1-3H3,(H,19,20,22)/t10-/m1/s1. The van der Waals surface area contributed by atoms with Crippen molar-refractivity contribution in [3.05, 3.63) is 39.4 Å². The minimum Gasteiger partial charge on any atom is -0.298 e. The number of carbonyl (C=O) groups is 1. The van der Waals surface area contributed by atoms with E-state index < -0.39 is 15.9 Å². The van der Waals surface area contributed by atoms with Crippen LogP contribution < -0.4 is 5.32 Å². The Labute approximate surface area is 162 Å². The third kappa shape index (κ3) is 3.78. The maximum atomic E-state index is 12.6. The topological polar surface area (TPSA) is 79.4 Å². The summed E-state index contributed by atoms with van der Waals surface area (Å²) in [5, 5.41) is 3.46. The fraction of sp³-hybridized carbons (Fsp3) is 0.412. The Morgan fingerprint density at radius 1 is 1.38 bits per heavy atom. The number of rotatable bonds is 4. The molecule has 0 fully saturated rings. The highest BCUT2D eigenvalue weighted by Crippen LogP contribution is 2.32. The molecular formula is C17H20ClN3O3S2. The summed E-state index contributed by atoms with van der Waals surface area (Å²) in [5.74, 6) is 0.152. The largest absolute Gasteiger partial charge is 0.298 e. The van der Waals surface area contributed by atoms with Gasteiger partial charge in [0.05, 0.1) is 21.2 Å². The molecule has 0 saturated heterocycles. The Balaban J connectivity index is 1.86. The van der Waals surface area contributed by atoms with E-state index in [2.05, 4.69) is 17.2 Å². The van der Waals surface area contributed by atoms with Crippen molar-refractivity contribution in [2.75, 3.05) is 19.4 Å². The van der Waals surface area contributed by atoms with E-state index in [1.807, 2.05) is 0 Å². The molecule has 1 aliphatic rings. The molecule has 1 heterocycles. The van der Waals surface area contributed by atoms with Gasteiger partial charge in [-0.15, -0.1) is 11.3 Å². The lowest BCUT2D eigenvalue weighted by molar-refractivity contribution is 0.102. The summed E-state index contributed by atoms with van der Waals surface area (Å²) < 4.78 is 25.7. The highest BCUT2D eigenvalue weighted by Gasteiger charge is 2.23. The smallest absolute Gasteiger partial charge is 0.259 e. The highest BCUT2D eigenvalue weighted by molar-refractivity contribution is 7.89. The van der Waals surface area contributed by atoms with Crippen molar-refractivity contribution in [3.8, 4) is 0 Å². The van der Waals surface area contributed by atoms with Crippen molar-refractivity contribution in [2.45, 2.75) is 31.1 Å². The van der Waals surface area contributed by atoms with E-state index in [1.54, 1.807) is 0 Å². The average Bonchev–Trinajstić information content (AvgIpc) is 2.95. The van der Waals surface area contributed by atoms with Crippen molar-refractivity contribution in [1.29, 1.82) is 0 Å². The van der Waals surface area contributed by atoms with Gasteiger partial charge in [0.2, 0.25) is 10.0 Å². The summed E-state index contributed by atoms with van der Waals surface area (Å²) in [6, 6.07) is 4.10. The first kappa shape index (κ1) is 19.3. The lowest BCUT2D eigenvalue weighted by atomic mass is 9.93. The number of amides is 1. The second kappa shape index (κ2) is 7.26. The van der Waals surface area contributed by atoms with Crippen LogP contribution in [0, 0.1) is 5.92 Å². The first-order valence-corrected chi connectivity index (χ1v) is 10.8. The molecule has 0 saturated carbocycles. The summed E-state index contributed by atoms with van der Waals surface area (Å²) in [4.78, 5) is 18.3. The van der Waals surface area contributed by atoms with Gasteiger partial charge in [0.25, 0.3) is 5.91 Å². The van der Waals surface area contributed by atoms with E-state index in [0.29, 0.717) is 11.0 Å². The number of halogens is 1. The first-order chi connectivity index (χ1) is 12.2. The SMILES string of the molecule is C[C@@H]1CCc2nc(NC(=O)c3cc(S(=O)(=O)N(C)C)ccc3Cl)sc2C1. The fourth-order valence-electron chi connectivity index (χ4n) is 2.81. The van der Waals surface area contributed by atoms with Gasteiger partial charge in [0, 0.05) is 19.0 Å².